The van der Waals surface area contributed by atoms with Crippen LogP contribution < -0.4 is 0 Å². The van der Waals surface area contributed by atoms with Crippen LogP contribution in [-0.2, 0) is 0 Å². The van der Waals surface area contributed by atoms with Crippen molar-refractivity contribution in [1.29, 1.82) is 0 Å². The lowest BCUT2D eigenvalue weighted by molar-refractivity contribution is 0.0723. The maximum absolute atomic E-state index is 11.8. The van der Waals surface area contributed by atoms with E-state index >= 15 is 0 Å². The van der Waals surface area contributed by atoms with Crippen LogP contribution in [0.2, 0.25) is 0 Å². The lowest BCUT2D eigenvalue weighted by Crippen LogP contribution is -2.43. The number of imide groups is 1. The Bertz CT molecular complexity index is 432. The summed E-state index contributed by atoms with van der Waals surface area (Å²) >= 11 is 1.38. The summed E-state index contributed by atoms with van der Waals surface area (Å²) < 4.78 is 0. The van der Waals surface area contributed by atoms with Gasteiger partial charge in [0.2, 0.25) is 0 Å². The van der Waals surface area contributed by atoms with Crippen molar-refractivity contribution < 1.29 is 14.7 Å². The number of nitrogens with zero attached hydrogens (tertiary/aromatic N) is 1. The Balaban J connectivity index is 2.47. The predicted molar refractivity (Wildman–Crippen MR) is 56.0 cm³/mol. The van der Waals surface area contributed by atoms with Crippen LogP contribution >= 0.6 is 11.8 Å². The molecule has 0 fully saturated rings. The first-order valence-corrected chi connectivity index (χ1v) is 5.31. The van der Waals surface area contributed by atoms with Gasteiger partial charge in [-0.1, -0.05) is 23.9 Å². The highest BCUT2D eigenvalue weighted by Gasteiger charge is 2.34. The van der Waals surface area contributed by atoms with E-state index in [4.69, 9.17) is 5.11 Å². The minimum absolute atomic E-state index is 0.370. The SMILES string of the molecule is CC1Sc2ccccc2C(=O)N1C(=O)O. The Morgan fingerprint density at radius 1 is 1.47 bits per heavy atom. The number of carbonyl (C=O) groups excluding carboxylic acids is 1. The number of amides is 2. The Labute approximate surface area is 90.9 Å². The molecule has 0 spiro atoms. The molecule has 0 saturated heterocycles. The maximum Gasteiger partial charge on any atom is 0.415 e. The van der Waals surface area contributed by atoms with E-state index in [-0.39, 0.29) is 5.37 Å². The summed E-state index contributed by atoms with van der Waals surface area (Å²) in [5, 5.41) is 8.53. The molecule has 15 heavy (non-hydrogen) atoms. The molecule has 0 aliphatic carbocycles. The van der Waals surface area contributed by atoms with Crippen LogP contribution in [0.25, 0.3) is 0 Å². The maximum atomic E-state index is 11.8. The van der Waals surface area contributed by atoms with E-state index in [9.17, 15) is 9.59 Å². The summed E-state index contributed by atoms with van der Waals surface area (Å²) in [6.07, 6.45) is -1.20. The number of carbonyl (C=O) groups is 2. The first-order chi connectivity index (χ1) is 7.11. The van der Waals surface area contributed by atoms with Crippen molar-refractivity contribution in [1.82, 2.24) is 4.90 Å². The number of hydrogen-bond donors (Lipinski definition) is 1. The van der Waals surface area contributed by atoms with Crippen molar-refractivity contribution >= 4 is 23.8 Å². The molecule has 4 nitrogen and oxygen atoms in total. The molecule has 0 bridgehead atoms. The van der Waals surface area contributed by atoms with Gasteiger partial charge >= 0.3 is 6.09 Å². The second kappa shape index (κ2) is 3.58. The topological polar surface area (TPSA) is 57.6 Å². The summed E-state index contributed by atoms with van der Waals surface area (Å²) in [5.41, 5.74) is 0.461. The molecule has 1 atom stereocenters. The van der Waals surface area contributed by atoms with Gasteiger partial charge in [-0.3, -0.25) is 4.79 Å². The minimum atomic E-state index is -1.20. The van der Waals surface area contributed by atoms with Crippen molar-refractivity contribution in [3.63, 3.8) is 0 Å². The summed E-state index contributed by atoms with van der Waals surface area (Å²) in [6, 6.07) is 7.04. The Morgan fingerprint density at radius 2 is 2.13 bits per heavy atom. The molecule has 1 N–H and O–H groups in total. The van der Waals surface area contributed by atoms with Crippen LogP contribution in [-0.4, -0.2) is 27.4 Å². The van der Waals surface area contributed by atoms with E-state index in [0.29, 0.717) is 5.56 Å². The lowest BCUT2D eigenvalue weighted by Gasteiger charge is -2.29. The average molecular weight is 223 g/mol. The highest BCUT2D eigenvalue weighted by molar-refractivity contribution is 8.00. The van der Waals surface area contributed by atoms with Gasteiger partial charge in [-0.2, -0.15) is 0 Å². The number of hydrogen-bond acceptors (Lipinski definition) is 3. The van der Waals surface area contributed by atoms with Gasteiger partial charge < -0.3 is 5.11 Å². The fraction of sp³-hybridized carbons (Fsp3) is 0.200. The Morgan fingerprint density at radius 3 is 2.80 bits per heavy atom. The first-order valence-electron chi connectivity index (χ1n) is 4.43. The van der Waals surface area contributed by atoms with Crippen LogP contribution in [0, 0.1) is 0 Å². The number of rotatable bonds is 0. The van der Waals surface area contributed by atoms with Crippen molar-refractivity contribution in [3.05, 3.63) is 29.8 Å². The van der Waals surface area contributed by atoms with E-state index in [0.717, 1.165) is 9.80 Å². The fourth-order valence-electron chi connectivity index (χ4n) is 1.52. The molecule has 78 valence electrons. The van der Waals surface area contributed by atoms with Crippen molar-refractivity contribution in [3.8, 4) is 0 Å². The first kappa shape index (κ1) is 10.0. The van der Waals surface area contributed by atoms with E-state index in [1.807, 2.05) is 12.1 Å². The molecule has 0 aromatic heterocycles. The molecule has 2 rings (SSSR count). The summed E-state index contributed by atoms with van der Waals surface area (Å²) in [6.45, 7) is 1.70. The van der Waals surface area contributed by atoms with Gasteiger partial charge in [0.15, 0.2) is 0 Å². The van der Waals surface area contributed by atoms with Crippen LogP contribution in [0.1, 0.15) is 17.3 Å². The average Bonchev–Trinajstić information content (AvgIpc) is 2.17. The summed E-state index contributed by atoms with van der Waals surface area (Å²) in [5.74, 6) is -0.440. The van der Waals surface area contributed by atoms with E-state index in [2.05, 4.69) is 0 Å². The lowest BCUT2D eigenvalue weighted by atomic mass is 10.2. The Hall–Kier alpha value is -1.49. The molecule has 1 aliphatic heterocycles. The second-order valence-corrected chi connectivity index (χ2v) is 4.53. The Kier molecular flexibility index (Phi) is 2.40. The zero-order chi connectivity index (χ0) is 11.0. The van der Waals surface area contributed by atoms with Gasteiger partial charge in [0, 0.05) is 4.90 Å². The molecule has 5 heteroatoms. The van der Waals surface area contributed by atoms with Crippen LogP contribution in [0.15, 0.2) is 29.2 Å². The van der Waals surface area contributed by atoms with Crippen molar-refractivity contribution in [2.24, 2.45) is 0 Å². The van der Waals surface area contributed by atoms with Gasteiger partial charge in [-0.25, -0.2) is 9.69 Å². The van der Waals surface area contributed by atoms with Crippen LogP contribution in [0.5, 0.6) is 0 Å². The van der Waals surface area contributed by atoms with E-state index in [1.54, 1.807) is 19.1 Å². The fourth-order valence-corrected chi connectivity index (χ4v) is 2.62. The van der Waals surface area contributed by atoms with Crippen LogP contribution in [0.4, 0.5) is 4.79 Å². The standard InChI is InChI=1S/C10H9NO3S/c1-6-11(10(13)14)9(12)7-4-2-3-5-8(7)15-6/h2-6H,1H3,(H,13,14). The van der Waals surface area contributed by atoms with Gasteiger partial charge in [0.05, 0.1) is 10.9 Å². The monoisotopic (exact) mass is 223 g/mol. The van der Waals surface area contributed by atoms with Gasteiger partial charge in [0.1, 0.15) is 0 Å². The molecule has 1 heterocycles. The predicted octanol–water partition coefficient (Wildman–Crippen LogP) is 2.26. The van der Waals surface area contributed by atoms with Gasteiger partial charge in [-0.15, -0.1) is 0 Å². The quantitative estimate of drug-likeness (QED) is 0.733. The smallest absolute Gasteiger partial charge is 0.415 e. The largest absolute Gasteiger partial charge is 0.465 e. The minimum Gasteiger partial charge on any atom is -0.465 e. The molecular weight excluding hydrogens is 214 g/mol. The molecule has 0 radical (unpaired) electrons. The molecule has 1 aromatic carbocycles. The number of thioether (sulfide) groups is 1. The third kappa shape index (κ3) is 1.59. The molecular formula is C10H9NO3S. The second-order valence-electron chi connectivity index (χ2n) is 3.17. The number of carboxylic acid groups (broad SMARTS) is 1. The third-order valence-electron chi connectivity index (χ3n) is 2.20. The van der Waals surface area contributed by atoms with Gasteiger partial charge in [-0.05, 0) is 19.1 Å². The highest BCUT2D eigenvalue weighted by atomic mass is 32.2. The molecule has 0 saturated carbocycles. The number of benzene rings is 1. The van der Waals surface area contributed by atoms with E-state index < -0.39 is 12.0 Å². The normalized spacial score (nSPS) is 19.9. The summed E-state index contributed by atoms with van der Waals surface area (Å²) in [4.78, 5) is 24.4. The molecule has 1 unspecified atom stereocenters. The molecule has 1 aliphatic rings. The van der Waals surface area contributed by atoms with Gasteiger partial charge in [0.25, 0.3) is 5.91 Å². The highest BCUT2D eigenvalue weighted by Crippen LogP contribution is 2.34. The number of fused-ring (bicyclic) bond motifs is 1. The van der Waals surface area contributed by atoms with Crippen molar-refractivity contribution in [2.75, 3.05) is 0 Å². The third-order valence-corrected chi connectivity index (χ3v) is 3.37. The van der Waals surface area contributed by atoms with E-state index in [1.165, 1.54) is 11.8 Å². The zero-order valence-electron chi connectivity index (χ0n) is 8.01. The van der Waals surface area contributed by atoms with Crippen LogP contribution in [0.3, 0.4) is 0 Å². The zero-order valence-corrected chi connectivity index (χ0v) is 8.82. The molecule has 2 amide bonds. The van der Waals surface area contributed by atoms with Crippen molar-refractivity contribution in [2.45, 2.75) is 17.2 Å². The summed E-state index contributed by atoms with van der Waals surface area (Å²) in [7, 11) is 0. The molecule has 1 aromatic rings.